The van der Waals surface area contributed by atoms with Crippen molar-refractivity contribution in [3.05, 3.63) is 23.2 Å². The van der Waals surface area contributed by atoms with E-state index >= 15 is 0 Å². The molecule has 0 saturated carbocycles. The number of hydrogen-bond donors (Lipinski definition) is 1. The summed E-state index contributed by atoms with van der Waals surface area (Å²) in [7, 11) is -2.98. The minimum atomic E-state index is -2.98. The third-order valence-electron chi connectivity index (χ3n) is 2.30. The Labute approximate surface area is 112 Å². The summed E-state index contributed by atoms with van der Waals surface area (Å²) in [6.45, 7) is 3.38. The van der Waals surface area contributed by atoms with E-state index in [0.717, 1.165) is 4.90 Å². The predicted molar refractivity (Wildman–Crippen MR) is 75.5 cm³/mol. The second-order valence-electron chi connectivity index (χ2n) is 3.95. The van der Waals surface area contributed by atoms with Gasteiger partial charge in [-0.25, -0.2) is 8.42 Å². The van der Waals surface area contributed by atoms with Crippen molar-refractivity contribution in [2.45, 2.75) is 24.0 Å². The molecule has 6 heteroatoms. The van der Waals surface area contributed by atoms with Crippen molar-refractivity contribution >= 4 is 38.9 Å². The average molecular weight is 294 g/mol. The van der Waals surface area contributed by atoms with Gasteiger partial charge in [0.15, 0.2) is 9.84 Å². The highest BCUT2D eigenvalue weighted by atomic mass is 35.5. The van der Waals surface area contributed by atoms with Crippen LogP contribution in [0.15, 0.2) is 23.1 Å². The lowest BCUT2D eigenvalue weighted by molar-refractivity contribution is 0.589. The monoisotopic (exact) mass is 293 g/mol. The molecule has 0 spiro atoms. The molecular formula is C11H16ClNO2S2. The highest BCUT2D eigenvalue weighted by molar-refractivity contribution is 8.00. The van der Waals surface area contributed by atoms with Crippen LogP contribution in [0.1, 0.15) is 13.8 Å². The number of hydrogen-bond acceptors (Lipinski definition) is 4. The molecule has 0 aromatic heterocycles. The molecule has 0 fully saturated rings. The van der Waals surface area contributed by atoms with Crippen LogP contribution in [0.4, 0.5) is 5.69 Å². The van der Waals surface area contributed by atoms with Crippen molar-refractivity contribution in [2.24, 2.45) is 0 Å². The third-order valence-corrected chi connectivity index (χ3v) is 6.27. The summed E-state index contributed by atoms with van der Waals surface area (Å²) < 4.78 is 23.2. The van der Waals surface area contributed by atoms with Gasteiger partial charge in [-0.2, -0.15) is 0 Å². The molecular weight excluding hydrogens is 278 g/mol. The van der Waals surface area contributed by atoms with Crippen molar-refractivity contribution in [3.63, 3.8) is 0 Å². The molecule has 0 aliphatic rings. The van der Waals surface area contributed by atoms with E-state index in [0.29, 0.717) is 16.5 Å². The minimum absolute atomic E-state index is 0.163. The first-order valence-corrected chi connectivity index (χ1v) is 8.30. The second-order valence-corrected chi connectivity index (χ2v) is 8.17. The summed E-state index contributed by atoms with van der Waals surface area (Å²) in [5, 5.41) is 0.238. The Morgan fingerprint density at radius 3 is 2.59 bits per heavy atom. The summed E-state index contributed by atoms with van der Waals surface area (Å²) >= 11 is 7.43. The van der Waals surface area contributed by atoms with E-state index in [4.69, 9.17) is 17.3 Å². The quantitative estimate of drug-likeness (QED) is 0.670. The van der Waals surface area contributed by atoms with E-state index in [1.807, 2.05) is 6.07 Å². The van der Waals surface area contributed by atoms with Gasteiger partial charge >= 0.3 is 0 Å². The van der Waals surface area contributed by atoms with Gasteiger partial charge in [0, 0.05) is 16.3 Å². The van der Waals surface area contributed by atoms with Crippen LogP contribution < -0.4 is 5.73 Å². The fourth-order valence-electron chi connectivity index (χ4n) is 1.14. The van der Waals surface area contributed by atoms with E-state index in [2.05, 4.69) is 0 Å². The van der Waals surface area contributed by atoms with Gasteiger partial charge in [-0.1, -0.05) is 11.6 Å². The molecule has 0 atom stereocenters. The number of sulfone groups is 1. The highest BCUT2D eigenvalue weighted by Crippen LogP contribution is 2.28. The lowest BCUT2D eigenvalue weighted by Crippen LogP contribution is -2.18. The Kier molecular flexibility index (Phi) is 5.16. The second kappa shape index (κ2) is 5.98. The number of anilines is 1. The van der Waals surface area contributed by atoms with Gasteiger partial charge in [0.05, 0.1) is 16.0 Å². The SMILES string of the molecule is CC(C)S(=O)(=O)CCSc1ccc(N)cc1Cl. The molecule has 0 heterocycles. The number of thioether (sulfide) groups is 1. The largest absolute Gasteiger partial charge is 0.399 e. The molecule has 0 bridgehead atoms. The zero-order valence-electron chi connectivity index (χ0n) is 9.81. The van der Waals surface area contributed by atoms with Crippen LogP contribution >= 0.6 is 23.4 Å². The van der Waals surface area contributed by atoms with E-state index in [1.54, 1.807) is 26.0 Å². The molecule has 1 rings (SSSR count). The lowest BCUT2D eigenvalue weighted by atomic mass is 10.3. The molecule has 1 aromatic carbocycles. The van der Waals surface area contributed by atoms with Crippen LogP contribution in [-0.2, 0) is 9.84 Å². The average Bonchev–Trinajstić information content (AvgIpc) is 2.21. The van der Waals surface area contributed by atoms with Crippen LogP contribution in [0.3, 0.4) is 0 Å². The molecule has 1 aromatic rings. The summed E-state index contributed by atoms with van der Waals surface area (Å²) in [5.41, 5.74) is 6.18. The Morgan fingerprint density at radius 2 is 2.06 bits per heavy atom. The van der Waals surface area contributed by atoms with Crippen LogP contribution in [0.5, 0.6) is 0 Å². The van der Waals surface area contributed by atoms with Gasteiger partial charge < -0.3 is 5.73 Å². The Bertz CT molecular complexity index is 486. The highest BCUT2D eigenvalue weighted by Gasteiger charge is 2.15. The van der Waals surface area contributed by atoms with Gasteiger partial charge in [-0.3, -0.25) is 0 Å². The molecule has 2 N–H and O–H groups in total. The van der Waals surface area contributed by atoms with Gasteiger partial charge in [0.1, 0.15) is 0 Å². The maximum absolute atomic E-state index is 11.6. The normalized spacial score (nSPS) is 12.0. The van der Waals surface area contributed by atoms with E-state index < -0.39 is 9.84 Å². The predicted octanol–water partition coefficient (Wildman–Crippen LogP) is 2.84. The number of benzene rings is 1. The van der Waals surface area contributed by atoms with E-state index in [9.17, 15) is 8.42 Å². The maximum atomic E-state index is 11.6. The fourth-order valence-corrected chi connectivity index (χ4v) is 3.81. The standard InChI is InChI=1S/C11H16ClNO2S2/c1-8(2)17(14,15)6-5-16-11-4-3-9(13)7-10(11)12/h3-4,7-8H,5-6,13H2,1-2H3. The van der Waals surface area contributed by atoms with Gasteiger partial charge in [-0.15, -0.1) is 11.8 Å². The smallest absolute Gasteiger partial charge is 0.153 e. The molecule has 0 aliphatic carbocycles. The van der Waals surface area contributed by atoms with Crippen LogP contribution in [-0.4, -0.2) is 25.2 Å². The zero-order chi connectivity index (χ0) is 13.1. The molecule has 0 aliphatic heterocycles. The Morgan fingerprint density at radius 1 is 1.41 bits per heavy atom. The van der Waals surface area contributed by atoms with E-state index in [1.165, 1.54) is 11.8 Å². The van der Waals surface area contributed by atoms with Crippen LogP contribution in [0.2, 0.25) is 5.02 Å². The van der Waals surface area contributed by atoms with Gasteiger partial charge in [0.2, 0.25) is 0 Å². The number of rotatable bonds is 5. The number of halogens is 1. The molecule has 17 heavy (non-hydrogen) atoms. The molecule has 96 valence electrons. The van der Waals surface area contributed by atoms with Gasteiger partial charge in [-0.05, 0) is 32.0 Å². The maximum Gasteiger partial charge on any atom is 0.153 e. The molecule has 0 amide bonds. The first-order valence-electron chi connectivity index (χ1n) is 5.22. The molecule has 0 unspecified atom stereocenters. The van der Waals surface area contributed by atoms with Gasteiger partial charge in [0.25, 0.3) is 0 Å². The van der Waals surface area contributed by atoms with Crippen LogP contribution in [0, 0.1) is 0 Å². The Hall–Kier alpha value is -0.390. The third kappa shape index (κ3) is 4.41. The fraction of sp³-hybridized carbons (Fsp3) is 0.455. The summed E-state index contributed by atoms with van der Waals surface area (Å²) in [5.74, 6) is 0.667. The summed E-state index contributed by atoms with van der Waals surface area (Å²) in [6, 6.07) is 5.23. The first kappa shape index (κ1) is 14.7. The first-order chi connectivity index (χ1) is 7.83. The number of nitrogens with two attached hydrogens (primary N) is 1. The van der Waals surface area contributed by atoms with Crippen molar-refractivity contribution in [1.29, 1.82) is 0 Å². The summed E-state index contributed by atoms with van der Waals surface area (Å²) in [4.78, 5) is 0.861. The molecule has 0 saturated heterocycles. The van der Waals surface area contributed by atoms with Crippen molar-refractivity contribution in [1.82, 2.24) is 0 Å². The van der Waals surface area contributed by atoms with E-state index in [-0.39, 0.29) is 11.0 Å². The molecule has 3 nitrogen and oxygen atoms in total. The molecule has 0 radical (unpaired) electrons. The van der Waals surface area contributed by atoms with Crippen molar-refractivity contribution < 1.29 is 8.42 Å². The van der Waals surface area contributed by atoms with Crippen molar-refractivity contribution in [3.8, 4) is 0 Å². The Balaban J connectivity index is 2.58. The van der Waals surface area contributed by atoms with Crippen LogP contribution in [0.25, 0.3) is 0 Å². The minimum Gasteiger partial charge on any atom is -0.399 e. The zero-order valence-corrected chi connectivity index (χ0v) is 12.2. The summed E-state index contributed by atoms with van der Waals surface area (Å²) in [6.07, 6.45) is 0. The topological polar surface area (TPSA) is 60.2 Å². The number of nitrogen functional groups attached to an aromatic ring is 1. The lowest BCUT2D eigenvalue weighted by Gasteiger charge is -2.08. The van der Waals surface area contributed by atoms with Crippen molar-refractivity contribution in [2.75, 3.05) is 17.2 Å².